The molecule has 34 heavy (non-hydrogen) atoms. The van der Waals surface area contributed by atoms with Gasteiger partial charge >= 0.3 is 6.18 Å². The second-order valence-corrected chi connectivity index (χ2v) is 8.87. The van der Waals surface area contributed by atoms with Crippen molar-refractivity contribution >= 4 is 17.6 Å². The Bertz CT molecular complexity index is 1040. The highest BCUT2D eigenvalue weighted by molar-refractivity contribution is 5.89. The largest absolute Gasteiger partial charge is 0.416 e. The van der Waals surface area contributed by atoms with Crippen LogP contribution in [0.4, 0.5) is 19.0 Å². The highest BCUT2D eigenvalue weighted by Gasteiger charge is 2.35. The molecule has 4 rings (SSSR count). The summed E-state index contributed by atoms with van der Waals surface area (Å²) < 4.78 is 38.9. The molecule has 2 aromatic rings. The van der Waals surface area contributed by atoms with Crippen LogP contribution in [0.5, 0.6) is 0 Å². The highest BCUT2D eigenvalue weighted by atomic mass is 19.4. The molecule has 182 valence electrons. The standard InChI is InChI=1S/C24H28F3N5O2/c1-30-8-10-31(11-9-30)22-18(5-3-7-28-22)14-29-23(34)19-13-21(33)32(16-19)15-17-4-2-6-20(12-17)24(25,26)27/h2-7,12,19H,8-11,13-16H2,1H3,(H,29,34). The van der Waals surface area contributed by atoms with Crippen LogP contribution in [-0.2, 0) is 28.9 Å². The number of pyridine rings is 1. The lowest BCUT2D eigenvalue weighted by molar-refractivity contribution is -0.137. The van der Waals surface area contributed by atoms with Crippen molar-refractivity contribution < 1.29 is 22.8 Å². The molecule has 0 radical (unpaired) electrons. The number of alkyl halides is 3. The minimum Gasteiger partial charge on any atom is -0.354 e. The number of nitrogens with zero attached hydrogens (tertiary/aromatic N) is 4. The molecule has 2 aliphatic rings. The number of amides is 2. The van der Waals surface area contributed by atoms with Gasteiger partial charge in [-0.1, -0.05) is 18.2 Å². The number of anilines is 1. The smallest absolute Gasteiger partial charge is 0.354 e. The van der Waals surface area contributed by atoms with Crippen molar-refractivity contribution in [3.8, 4) is 0 Å². The Kier molecular flexibility index (Phi) is 7.06. The zero-order valence-corrected chi connectivity index (χ0v) is 19.0. The minimum absolute atomic E-state index is 0.0443. The second-order valence-electron chi connectivity index (χ2n) is 8.87. The van der Waals surface area contributed by atoms with E-state index in [-0.39, 0.29) is 31.3 Å². The van der Waals surface area contributed by atoms with Crippen LogP contribution in [0.25, 0.3) is 0 Å². The van der Waals surface area contributed by atoms with Gasteiger partial charge in [-0.3, -0.25) is 9.59 Å². The predicted molar refractivity (Wildman–Crippen MR) is 121 cm³/mol. The summed E-state index contributed by atoms with van der Waals surface area (Å²) in [5.74, 6) is -0.170. The van der Waals surface area contributed by atoms with Crippen molar-refractivity contribution in [1.82, 2.24) is 20.1 Å². The van der Waals surface area contributed by atoms with Gasteiger partial charge in [-0.25, -0.2) is 4.98 Å². The van der Waals surface area contributed by atoms with E-state index in [9.17, 15) is 22.8 Å². The van der Waals surface area contributed by atoms with E-state index in [2.05, 4.69) is 27.1 Å². The number of rotatable bonds is 6. The van der Waals surface area contributed by atoms with Crippen LogP contribution in [0.2, 0.25) is 0 Å². The summed E-state index contributed by atoms with van der Waals surface area (Å²) in [4.78, 5) is 35.7. The Labute approximate surface area is 196 Å². The van der Waals surface area contributed by atoms with E-state index in [0.29, 0.717) is 12.1 Å². The van der Waals surface area contributed by atoms with Crippen molar-refractivity contribution in [2.24, 2.45) is 5.92 Å². The van der Waals surface area contributed by atoms with Crippen molar-refractivity contribution in [3.05, 3.63) is 59.3 Å². The van der Waals surface area contributed by atoms with Crippen LogP contribution in [0, 0.1) is 5.92 Å². The van der Waals surface area contributed by atoms with Gasteiger partial charge in [0.2, 0.25) is 11.8 Å². The van der Waals surface area contributed by atoms with Crippen LogP contribution >= 0.6 is 0 Å². The SMILES string of the molecule is CN1CCN(c2ncccc2CNC(=O)C2CC(=O)N(Cc3cccc(C(F)(F)F)c3)C2)CC1. The number of carbonyl (C=O) groups is 2. The number of likely N-dealkylation sites (N-methyl/N-ethyl adjacent to an activating group) is 1. The Balaban J connectivity index is 1.34. The van der Waals surface area contributed by atoms with Crippen molar-refractivity contribution in [2.45, 2.75) is 25.7 Å². The molecule has 1 unspecified atom stereocenters. The first-order valence-corrected chi connectivity index (χ1v) is 11.3. The second kappa shape index (κ2) is 10.0. The van der Waals surface area contributed by atoms with Gasteiger partial charge < -0.3 is 20.0 Å². The first-order chi connectivity index (χ1) is 16.2. The van der Waals surface area contributed by atoms with Crippen LogP contribution in [0.3, 0.4) is 0 Å². The summed E-state index contributed by atoms with van der Waals surface area (Å²) in [6.07, 6.45) is -2.66. The van der Waals surface area contributed by atoms with Gasteiger partial charge in [0, 0.05) is 64.0 Å². The van der Waals surface area contributed by atoms with E-state index in [0.717, 1.165) is 49.7 Å². The fourth-order valence-electron chi connectivity index (χ4n) is 4.36. The molecule has 0 bridgehead atoms. The zero-order valence-electron chi connectivity index (χ0n) is 19.0. The number of hydrogen-bond donors (Lipinski definition) is 1. The summed E-state index contributed by atoms with van der Waals surface area (Å²) >= 11 is 0. The van der Waals surface area contributed by atoms with Gasteiger partial charge in [0.25, 0.3) is 0 Å². The maximum atomic E-state index is 13.0. The molecule has 0 saturated carbocycles. The van der Waals surface area contributed by atoms with E-state index >= 15 is 0 Å². The molecule has 1 aromatic heterocycles. The van der Waals surface area contributed by atoms with E-state index in [4.69, 9.17) is 0 Å². The molecule has 7 nitrogen and oxygen atoms in total. The monoisotopic (exact) mass is 475 g/mol. The first-order valence-electron chi connectivity index (χ1n) is 11.3. The number of piperazine rings is 1. The number of nitrogens with one attached hydrogen (secondary N) is 1. The molecule has 2 aliphatic heterocycles. The first kappa shape index (κ1) is 24.0. The van der Waals surface area contributed by atoms with E-state index in [1.54, 1.807) is 12.3 Å². The fraction of sp³-hybridized carbons (Fsp3) is 0.458. The molecule has 10 heteroatoms. The predicted octanol–water partition coefficient (Wildman–Crippen LogP) is 2.52. The Hall–Kier alpha value is -3.14. The molecular formula is C24H28F3N5O2. The number of carbonyl (C=O) groups excluding carboxylic acids is 2. The Morgan fingerprint density at radius 3 is 2.65 bits per heavy atom. The van der Waals surface area contributed by atoms with Gasteiger partial charge in [-0.15, -0.1) is 0 Å². The van der Waals surface area contributed by atoms with E-state index in [1.165, 1.54) is 11.0 Å². The number of hydrogen-bond acceptors (Lipinski definition) is 5. The average Bonchev–Trinajstić information content (AvgIpc) is 3.18. The fourth-order valence-corrected chi connectivity index (χ4v) is 4.36. The normalized spacial score (nSPS) is 19.5. The number of benzene rings is 1. The number of halogens is 3. The lowest BCUT2D eigenvalue weighted by Crippen LogP contribution is -2.45. The molecular weight excluding hydrogens is 447 g/mol. The molecule has 1 atom stereocenters. The molecule has 0 spiro atoms. The van der Waals surface area contributed by atoms with E-state index in [1.807, 2.05) is 12.1 Å². The van der Waals surface area contributed by atoms with Crippen LogP contribution in [0.1, 0.15) is 23.1 Å². The minimum atomic E-state index is -4.44. The highest BCUT2D eigenvalue weighted by Crippen LogP contribution is 2.30. The van der Waals surface area contributed by atoms with Gasteiger partial charge in [0.05, 0.1) is 11.5 Å². The Morgan fingerprint density at radius 2 is 1.91 bits per heavy atom. The molecule has 2 amide bonds. The lowest BCUT2D eigenvalue weighted by Gasteiger charge is -2.34. The molecule has 1 aromatic carbocycles. The third-order valence-electron chi connectivity index (χ3n) is 6.34. The Morgan fingerprint density at radius 1 is 1.15 bits per heavy atom. The maximum Gasteiger partial charge on any atom is 0.416 e. The van der Waals surface area contributed by atoms with Crippen LogP contribution < -0.4 is 10.2 Å². The summed E-state index contributed by atoms with van der Waals surface area (Å²) in [5, 5.41) is 2.92. The average molecular weight is 476 g/mol. The van der Waals surface area contributed by atoms with Crippen LogP contribution in [0.15, 0.2) is 42.6 Å². The third kappa shape index (κ3) is 5.67. The molecule has 3 heterocycles. The topological polar surface area (TPSA) is 68.8 Å². The number of likely N-dealkylation sites (tertiary alicyclic amines) is 1. The van der Waals surface area contributed by atoms with Crippen molar-refractivity contribution in [2.75, 3.05) is 44.7 Å². The van der Waals surface area contributed by atoms with E-state index < -0.39 is 17.7 Å². The lowest BCUT2D eigenvalue weighted by atomic mass is 10.1. The van der Waals surface area contributed by atoms with Gasteiger partial charge in [-0.2, -0.15) is 13.2 Å². The third-order valence-corrected chi connectivity index (χ3v) is 6.34. The summed E-state index contributed by atoms with van der Waals surface area (Å²) in [6.45, 7) is 4.11. The summed E-state index contributed by atoms with van der Waals surface area (Å²) in [7, 11) is 2.08. The van der Waals surface area contributed by atoms with Gasteiger partial charge in [0.1, 0.15) is 5.82 Å². The molecule has 1 N–H and O–H groups in total. The molecule has 2 saturated heterocycles. The summed E-state index contributed by atoms with van der Waals surface area (Å²) in [5.41, 5.74) is 0.542. The number of aromatic nitrogens is 1. The maximum absolute atomic E-state index is 13.0. The molecule has 2 fully saturated rings. The van der Waals surface area contributed by atoms with Crippen molar-refractivity contribution in [1.29, 1.82) is 0 Å². The van der Waals surface area contributed by atoms with Crippen LogP contribution in [-0.4, -0.2) is 66.4 Å². The zero-order chi connectivity index (χ0) is 24.3. The van der Waals surface area contributed by atoms with Gasteiger partial charge in [0.15, 0.2) is 0 Å². The van der Waals surface area contributed by atoms with Crippen molar-refractivity contribution in [3.63, 3.8) is 0 Å². The summed E-state index contributed by atoms with van der Waals surface area (Å²) in [6, 6.07) is 8.69. The quantitative estimate of drug-likeness (QED) is 0.696. The van der Waals surface area contributed by atoms with Gasteiger partial charge in [-0.05, 0) is 30.8 Å². The molecule has 0 aliphatic carbocycles.